The van der Waals surface area contributed by atoms with Crippen molar-refractivity contribution in [3.05, 3.63) is 23.9 Å². The van der Waals surface area contributed by atoms with Gasteiger partial charge in [-0.05, 0) is 31.9 Å². The standard InChI is InChI=1S/C13H13F3N2O2/c1-12(20)4-8(5-12)18-11-7(6-17-18)2-9(19)3-10(11)13(14,15)16/h2-3,6,8,19-20H,4-5H2,1H3. The van der Waals surface area contributed by atoms with Gasteiger partial charge in [-0.2, -0.15) is 18.3 Å². The molecule has 20 heavy (non-hydrogen) atoms. The van der Waals surface area contributed by atoms with Gasteiger partial charge in [0, 0.05) is 5.39 Å². The van der Waals surface area contributed by atoms with Gasteiger partial charge in [-0.3, -0.25) is 4.68 Å². The third-order valence-electron chi connectivity index (χ3n) is 3.68. The van der Waals surface area contributed by atoms with Crippen molar-refractivity contribution in [2.24, 2.45) is 0 Å². The molecule has 0 bridgehead atoms. The first-order valence-electron chi connectivity index (χ1n) is 6.17. The molecule has 4 nitrogen and oxygen atoms in total. The fourth-order valence-corrected chi connectivity index (χ4v) is 2.80. The quantitative estimate of drug-likeness (QED) is 0.847. The van der Waals surface area contributed by atoms with Crippen molar-refractivity contribution in [3.63, 3.8) is 0 Å². The lowest BCUT2D eigenvalue weighted by Crippen LogP contribution is -2.42. The number of hydrogen-bond donors (Lipinski definition) is 2. The summed E-state index contributed by atoms with van der Waals surface area (Å²) >= 11 is 0. The average molecular weight is 286 g/mol. The molecule has 0 saturated heterocycles. The summed E-state index contributed by atoms with van der Waals surface area (Å²) in [6, 6.07) is 1.70. The zero-order valence-corrected chi connectivity index (χ0v) is 10.6. The second-order valence-electron chi connectivity index (χ2n) is 5.58. The van der Waals surface area contributed by atoms with E-state index in [0.717, 1.165) is 0 Å². The van der Waals surface area contributed by atoms with Crippen LogP contribution >= 0.6 is 0 Å². The maximum absolute atomic E-state index is 13.1. The summed E-state index contributed by atoms with van der Waals surface area (Å²) in [7, 11) is 0. The van der Waals surface area contributed by atoms with Gasteiger partial charge in [-0.15, -0.1) is 0 Å². The monoisotopic (exact) mass is 286 g/mol. The number of halogens is 3. The fourth-order valence-electron chi connectivity index (χ4n) is 2.80. The molecule has 108 valence electrons. The van der Waals surface area contributed by atoms with Crippen molar-refractivity contribution in [2.45, 2.75) is 37.6 Å². The number of hydrogen-bond acceptors (Lipinski definition) is 3. The van der Waals surface area contributed by atoms with E-state index in [9.17, 15) is 23.4 Å². The highest BCUT2D eigenvalue weighted by atomic mass is 19.4. The summed E-state index contributed by atoms with van der Waals surface area (Å²) in [5.41, 5.74) is -1.80. The topological polar surface area (TPSA) is 58.3 Å². The Labute approximate surface area is 112 Å². The molecule has 2 N–H and O–H groups in total. The third kappa shape index (κ3) is 2.02. The summed E-state index contributed by atoms with van der Waals surface area (Å²) < 4.78 is 40.6. The van der Waals surface area contributed by atoms with E-state index in [1.807, 2.05) is 0 Å². The van der Waals surface area contributed by atoms with Crippen LogP contribution in [0, 0.1) is 0 Å². The molecule has 0 radical (unpaired) electrons. The Kier molecular flexibility index (Phi) is 2.57. The van der Waals surface area contributed by atoms with E-state index in [0.29, 0.717) is 18.9 Å². The first-order valence-corrected chi connectivity index (χ1v) is 6.17. The largest absolute Gasteiger partial charge is 0.508 e. The first kappa shape index (κ1) is 13.2. The highest BCUT2D eigenvalue weighted by molar-refractivity contribution is 5.84. The lowest BCUT2D eigenvalue weighted by molar-refractivity contribution is -0.136. The Morgan fingerprint density at radius 1 is 1.35 bits per heavy atom. The number of phenolic OH excluding ortho intramolecular Hbond substituents is 1. The number of phenols is 1. The van der Waals surface area contributed by atoms with Crippen LogP contribution in [0.2, 0.25) is 0 Å². The maximum Gasteiger partial charge on any atom is 0.418 e. The smallest absolute Gasteiger partial charge is 0.418 e. The molecular formula is C13H13F3N2O2. The highest BCUT2D eigenvalue weighted by Crippen LogP contribution is 2.44. The van der Waals surface area contributed by atoms with Gasteiger partial charge in [0.1, 0.15) is 5.75 Å². The molecule has 1 heterocycles. The molecule has 7 heteroatoms. The zero-order valence-electron chi connectivity index (χ0n) is 10.6. The number of aromatic hydroxyl groups is 1. The summed E-state index contributed by atoms with van der Waals surface area (Å²) in [5.74, 6) is -0.440. The predicted molar refractivity (Wildman–Crippen MR) is 65.3 cm³/mol. The summed E-state index contributed by atoms with van der Waals surface area (Å²) in [5, 5.41) is 23.4. The number of rotatable bonds is 1. The molecule has 1 aromatic heterocycles. The molecule has 0 unspecified atom stereocenters. The van der Waals surface area contributed by atoms with Crippen LogP contribution in [0.5, 0.6) is 5.75 Å². The van der Waals surface area contributed by atoms with E-state index >= 15 is 0 Å². The van der Waals surface area contributed by atoms with Gasteiger partial charge >= 0.3 is 6.18 Å². The number of nitrogens with zero attached hydrogens (tertiary/aromatic N) is 2. The Bertz CT molecular complexity index is 668. The van der Waals surface area contributed by atoms with Crippen LogP contribution in [0.4, 0.5) is 13.2 Å². The van der Waals surface area contributed by atoms with Gasteiger partial charge in [-0.25, -0.2) is 0 Å². The van der Waals surface area contributed by atoms with Crippen molar-refractivity contribution >= 4 is 10.9 Å². The van der Waals surface area contributed by atoms with Crippen LogP contribution in [0.3, 0.4) is 0 Å². The van der Waals surface area contributed by atoms with Gasteiger partial charge in [0.2, 0.25) is 0 Å². The van der Waals surface area contributed by atoms with Crippen molar-refractivity contribution in [1.82, 2.24) is 9.78 Å². The highest BCUT2D eigenvalue weighted by Gasteiger charge is 2.42. The second-order valence-corrected chi connectivity index (χ2v) is 5.58. The van der Waals surface area contributed by atoms with Crippen LogP contribution in [0.25, 0.3) is 10.9 Å². The maximum atomic E-state index is 13.1. The Hall–Kier alpha value is -1.76. The number of benzene rings is 1. The number of aromatic nitrogens is 2. The molecule has 0 amide bonds. The third-order valence-corrected chi connectivity index (χ3v) is 3.68. The summed E-state index contributed by atoms with van der Waals surface area (Å²) in [6.07, 6.45) is -2.54. The number of aliphatic hydroxyl groups is 1. The molecule has 2 aromatic rings. The van der Waals surface area contributed by atoms with E-state index in [2.05, 4.69) is 5.10 Å². The van der Waals surface area contributed by atoms with Crippen LogP contribution in [-0.4, -0.2) is 25.6 Å². The van der Waals surface area contributed by atoms with Crippen molar-refractivity contribution in [1.29, 1.82) is 0 Å². The molecular weight excluding hydrogens is 273 g/mol. The molecule has 0 aliphatic heterocycles. The molecule has 1 saturated carbocycles. The van der Waals surface area contributed by atoms with Gasteiger partial charge in [0.15, 0.2) is 0 Å². The Balaban J connectivity index is 2.16. The lowest BCUT2D eigenvalue weighted by Gasteiger charge is -2.41. The van der Waals surface area contributed by atoms with E-state index in [1.165, 1.54) is 16.9 Å². The predicted octanol–water partition coefficient (Wildman–Crippen LogP) is 2.85. The fraction of sp³-hybridized carbons (Fsp3) is 0.462. The van der Waals surface area contributed by atoms with E-state index in [-0.39, 0.29) is 16.9 Å². The zero-order chi connectivity index (χ0) is 14.7. The van der Waals surface area contributed by atoms with Crippen molar-refractivity contribution in [3.8, 4) is 5.75 Å². The summed E-state index contributed by atoms with van der Waals surface area (Å²) in [4.78, 5) is 0. The minimum absolute atomic E-state index is 0.0456. The average Bonchev–Trinajstić information content (AvgIpc) is 2.66. The van der Waals surface area contributed by atoms with E-state index < -0.39 is 23.1 Å². The lowest BCUT2D eigenvalue weighted by atomic mass is 9.77. The molecule has 1 aliphatic carbocycles. The number of alkyl halides is 3. The summed E-state index contributed by atoms with van der Waals surface area (Å²) in [6.45, 7) is 1.64. The van der Waals surface area contributed by atoms with Crippen LogP contribution in [0.15, 0.2) is 18.3 Å². The van der Waals surface area contributed by atoms with E-state index in [4.69, 9.17) is 0 Å². The normalized spacial score (nSPS) is 26.8. The Morgan fingerprint density at radius 3 is 2.55 bits per heavy atom. The molecule has 1 aliphatic rings. The van der Waals surface area contributed by atoms with Gasteiger partial charge in [0.25, 0.3) is 0 Å². The molecule has 1 aromatic carbocycles. The minimum Gasteiger partial charge on any atom is -0.508 e. The second kappa shape index (κ2) is 3.88. The van der Waals surface area contributed by atoms with E-state index in [1.54, 1.807) is 6.92 Å². The van der Waals surface area contributed by atoms with Crippen LogP contribution in [-0.2, 0) is 6.18 Å². The SMILES string of the molecule is CC1(O)CC(n2ncc3cc(O)cc(C(F)(F)F)c32)C1. The van der Waals surface area contributed by atoms with Gasteiger partial charge < -0.3 is 10.2 Å². The van der Waals surface area contributed by atoms with Crippen LogP contribution in [0.1, 0.15) is 31.4 Å². The van der Waals surface area contributed by atoms with Crippen LogP contribution < -0.4 is 0 Å². The molecule has 3 rings (SSSR count). The van der Waals surface area contributed by atoms with Gasteiger partial charge in [-0.1, -0.05) is 0 Å². The molecule has 0 atom stereocenters. The minimum atomic E-state index is -4.57. The van der Waals surface area contributed by atoms with Crippen molar-refractivity contribution in [2.75, 3.05) is 0 Å². The molecule has 1 fully saturated rings. The first-order chi connectivity index (χ1) is 9.17. The molecule has 0 spiro atoms. The van der Waals surface area contributed by atoms with Gasteiger partial charge in [0.05, 0.1) is 28.9 Å². The Morgan fingerprint density at radius 2 is 2.00 bits per heavy atom. The number of fused-ring (bicyclic) bond motifs is 1. The van der Waals surface area contributed by atoms with Crippen molar-refractivity contribution < 1.29 is 23.4 Å².